The predicted molar refractivity (Wildman–Crippen MR) is 93.7 cm³/mol. The molecule has 2 aromatic carbocycles. The number of nitrogens with one attached hydrogen (secondary N) is 1. The second-order valence-electron chi connectivity index (χ2n) is 5.02. The van der Waals surface area contributed by atoms with E-state index in [1.165, 1.54) is 11.3 Å². The minimum absolute atomic E-state index is 0.0866. The highest BCUT2D eigenvalue weighted by Gasteiger charge is 2.14. The lowest BCUT2D eigenvalue weighted by molar-refractivity contribution is 0.341. The number of sulfonamides is 1. The molecule has 0 saturated carbocycles. The topological polar surface area (TPSA) is 68.3 Å². The first-order valence-corrected chi connectivity index (χ1v) is 9.55. The Morgan fingerprint density at radius 3 is 2.65 bits per heavy atom. The van der Waals surface area contributed by atoms with Crippen LogP contribution in [0, 0.1) is 6.92 Å². The minimum atomic E-state index is -3.49. The van der Waals surface area contributed by atoms with Crippen molar-refractivity contribution in [2.45, 2.75) is 6.92 Å². The molecule has 0 unspecified atom stereocenters. The second kappa shape index (κ2) is 6.55. The lowest BCUT2D eigenvalue weighted by atomic mass is 10.2. The van der Waals surface area contributed by atoms with E-state index < -0.39 is 10.0 Å². The van der Waals surface area contributed by atoms with Crippen molar-refractivity contribution < 1.29 is 13.2 Å². The third kappa shape index (κ3) is 4.00. The number of anilines is 1. The van der Waals surface area contributed by atoms with Gasteiger partial charge in [0.2, 0.25) is 10.0 Å². The number of para-hydroxylation sites is 2. The van der Waals surface area contributed by atoms with Gasteiger partial charge in [-0.05, 0) is 30.7 Å². The summed E-state index contributed by atoms with van der Waals surface area (Å²) in [5.74, 6) is 0.523. The van der Waals surface area contributed by atoms with Crippen LogP contribution in [-0.4, -0.2) is 25.8 Å². The molecule has 1 aromatic heterocycles. The van der Waals surface area contributed by atoms with E-state index in [1.54, 1.807) is 12.1 Å². The molecule has 1 N–H and O–H groups in total. The Hall–Kier alpha value is -2.12. The van der Waals surface area contributed by atoms with Crippen LogP contribution in [0.2, 0.25) is 0 Å². The van der Waals surface area contributed by atoms with Gasteiger partial charge in [0.1, 0.15) is 18.1 Å². The second-order valence-corrected chi connectivity index (χ2v) is 7.90. The molecule has 5 nitrogen and oxygen atoms in total. The van der Waals surface area contributed by atoms with E-state index in [0.717, 1.165) is 15.8 Å². The summed E-state index contributed by atoms with van der Waals surface area (Å²) in [5, 5.41) is 0.383. The van der Waals surface area contributed by atoms with E-state index in [4.69, 9.17) is 4.74 Å². The molecule has 0 amide bonds. The number of nitrogens with zero attached hydrogens (tertiary/aromatic N) is 1. The van der Waals surface area contributed by atoms with Gasteiger partial charge in [0.05, 0.1) is 10.2 Å². The average Bonchev–Trinajstić information content (AvgIpc) is 2.91. The Kier molecular flexibility index (Phi) is 4.49. The number of hydrogen-bond acceptors (Lipinski definition) is 5. The first kappa shape index (κ1) is 15.8. The van der Waals surface area contributed by atoms with Gasteiger partial charge in [0.25, 0.3) is 0 Å². The number of benzene rings is 2. The molecule has 0 saturated heterocycles. The van der Waals surface area contributed by atoms with Crippen molar-refractivity contribution >= 4 is 36.7 Å². The fraction of sp³-hybridized carbons (Fsp3) is 0.188. The van der Waals surface area contributed by atoms with Gasteiger partial charge in [-0.1, -0.05) is 41.7 Å². The van der Waals surface area contributed by atoms with Gasteiger partial charge in [-0.3, -0.25) is 4.72 Å². The normalized spacial score (nSPS) is 11.5. The quantitative estimate of drug-likeness (QED) is 0.741. The van der Waals surface area contributed by atoms with Gasteiger partial charge in [0, 0.05) is 0 Å². The highest BCUT2D eigenvalue weighted by molar-refractivity contribution is 7.92. The molecule has 0 fully saturated rings. The summed E-state index contributed by atoms with van der Waals surface area (Å²) in [6.07, 6.45) is 0. The molecule has 0 atom stereocenters. The molecule has 1 heterocycles. The summed E-state index contributed by atoms with van der Waals surface area (Å²) < 4.78 is 33.2. The zero-order chi connectivity index (χ0) is 16.3. The molecule has 120 valence electrons. The fourth-order valence-electron chi connectivity index (χ4n) is 2.10. The Morgan fingerprint density at radius 2 is 1.91 bits per heavy atom. The maximum absolute atomic E-state index is 12.1. The number of aromatic nitrogens is 1. The lowest BCUT2D eigenvalue weighted by Crippen LogP contribution is -2.21. The van der Waals surface area contributed by atoms with E-state index in [0.29, 0.717) is 10.9 Å². The first-order valence-electron chi connectivity index (χ1n) is 7.08. The fourth-order valence-corrected chi connectivity index (χ4v) is 4.16. The van der Waals surface area contributed by atoms with Crippen LogP contribution < -0.4 is 9.46 Å². The smallest absolute Gasteiger partial charge is 0.237 e. The summed E-state index contributed by atoms with van der Waals surface area (Å²) >= 11 is 1.33. The molecular weight excluding hydrogens is 332 g/mol. The van der Waals surface area contributed by atoms with Gasteiger partial charge in [-0.2, -0.15) is 0 Å². The van der Waals surface area contributed by atoms with Crippen molar-refractivity contribution in [3.63, 3.8) is 0 Å². The Morgan fingerprint density at radius 1 is 1.13 bits per heavy atom. The summed E-state index contributed by atoms with van der Waals surface area (Å²) in [4.78, 5) is 4.35. The molecule has 0 aliphatic carbocycles. The van der Waals surface area contributed by atoms with Crippen LogP contribution in [0.5, 0.6) is 5.75 Å². The molecule has 0 spiro atoms. The van der Waals surface area contributed by atoms with Crippen LogP contribution >= 0.6 is 11.3 Å². The first-order chi connectivity index (χ1) is 11.0. The Labute approximate surface area is 139 Å². The van der Waals surface area contributed by atoms with E-state index in [9.17, 15) is 8.42 Å². The van der Waals surface area contributed by atoms with Crippen molar-refractivity contribution in [3.05, 3.63) is 54.1 Å². The number of fused-ring (bicyclic) bond motifs is 1. The van der Waals surface area contributed by atoms with Crippen LogP contribution in [0.4, 0.5) is 5.13 Å². The number of thiazole rings is 1. The van der Waals surface area contributed by atoms with Crippen molar-refractivity contribution in [2.24, 2.45) is 0 Å². The van der Waals surface area contributed by atoms with Crippen molar-refractivity contribution in [3.8, 4) is 5.75 Å². The maximum atomic E-state index is 12.1. The average molecular weight is 348 g/mol. The Bertz CT molecular complexity index is 905. The van der Waals surface area contributed by atoms with Crippen LogP contribution in [-0.2, 0) is 10.0 Å². The summed E-state index contributed by atoms with van der Waals surface area (Å²) in [6.45, 7) is 2.04. The molecule has 0 aliphatic heterocycles. The van der Waals surface area contributed by atoms with Crippen LogP contribution in [0.15, 0.2) is 48.5 Å². The molecule has 0 radical (unpaired) electrons. The van der Waals surface area contributed by atoms with Crippen molar-refractivity contribution in [1.29, 1.82) is 0 Å². The molecular formula is C16H16N2O3S2. The van der Waals surface area contributed by atoms with E-state index >= 15 is 0 Å². The zero-order valence-corrected chi connectivity index (χ0v) is 14.2. The van der Waals surface area contributed by atoms with E-state index in [2.05, 4.69) is 9.71 Å². The van der Waals surface area contributed by atoms with Gasteiger partial charge < -0.3 is 4.74 Å². The summed E-state index contributed by atoms with van der Waals surface area (Å²) in [5.41, 5.74) is 1.85. The number of aryl methyl sites for hydroxylation is 1. The largest absolute Gasteiger partial charge is 0.492 e. The predicted octanol–water partition coefficient (Wildman–Crippen LogP) is 3.43. The monoisotopic (exact) mass is 348 g/mol. The summed E-state index contributed by atoms with van der Waals surface area (Å²) in [7, 11) is -3.49. The number of hydrogen-bond donors (Lipinski definition) is 1. The van der Waals surface area contributed by atoms with Gasteiger partial charge >= 0.3 is 0 Å². The SMILES string of the molecule is Cc1cccc2sc(NS(=O)(=O)CCOc3ccccc3)nc12. The maximum Gasteiger partial charge on any atom is 0.237 e. The van der Waals surface area contributed by atoms with Crippen LogP contribution in [0.3, 0.4) is 0 Å². The molecule has 23 heavy (non-hydrogen) atoms. The highest BCUT2D eigenvalue weighted by Crippen LogP contribution is 2.28. The van der Waals surface area contributed by atoms with Gasteiger partial charge in [-0.15, -0.1) is 0 Å². The molecule has 7 heteroatoms. The molecule has 3 rings (SSSR count). The lowest BCUT2D eigenvalue weighted by Gasteiger charge is -2.07. The minimum Gasteiger partial charge on any atom is -0.492 e. The van der Waals surface area contributed by atoms with Gasteiger partial charge in [-0.25, -0.2) is 13.4 Å². The molecule has 3 aromatic rings. The van der Waals surface area contributed by atoms with Crippen LogP contribution in [0.25, 0.3) is 10.2 Å². The molecule has 0 aliphatic rings. The van der Waals surface area contributed by atoms with E-state index in [1.807, 2.05) is 43.3 Å². The number of rotatable bonds is 6. The Balaban J connectivity index is 1.64. The third-order valence-electron chi connectivity index (χ3n) is 3.23. The third-order valence-corrected chi connectivity index (χ3v) is 5.50. The zero-order valence-electron chi connectivity index (χ0n) is 12.5. The highest BCUT2D eigenvalue weighted by atomic mass is 32.2. The van der Waals surface area contributed by atoms with Crippen LogP contribution in [0.1, 0.15) is 5.56 Å². The van der Waals surface area contributed by atoms with Gasteiger partial charge in [0.15, 0.2) is 5.13 Å². The number of ether oxygens (including phenoxy) is 1. The summed E-state index contributed by atoms with van der Waals surface area (Å²) in [6, 6.07) is 14.9. The standard InChI is InChI=1S/C16H16N2O3S2/c1-12-6-5-9-14-15(12)17-16(22-14)18-23(19,20)11-10-21-13-7-3-2-4-8-13/h2-9H,10-11H2,1H3,(H,17,18). The van der Waals surface area contributed by atoms with Crippen molar-refractivity contribution in [2.75, 3.05) is 17.1 Å². The van der Waals surface area contributed by atoms with Crippen molar-refractivity contribution in [1.82, 2.24) is 4.98 Å². The molecule has 0 bridgehead atoms. The van der Waals surface area contributed by atoms with E-state index in [-0.39, 0.29) is 12.4 Å².